The third-order valence-electron chi connectivity index (χ3n) is 2.88. The van der Waals surface area contributed by atoms with Gasteiger partial charge >= 0.3 is 0 Å². The maximum atomic E-state index is 6.27. The fraction of sp³-hybridized carbons (Fsp3) is 0.294. The maximum absolute atomic E-state index is 6.27. The fourth-order valence-corrected chi connectivity index (χ4v) is 2.14. The highest BCUT2D eigenvalue weighted by Crippen LogP contribution is 2.32. The molecule has 0 aliphatic rings. The summed E-state index contributed by atoms with van der Waals surface area (Å²) in [5.41, 5.74) is 1.07. The van der Waals surface area contributed by atoms with Crippen LogP contribution in [0.15, 0.2) is 48.5 Å². The number of ether oxygens (including phenoxy) is 1. The molecular weight excluding hydrogens is 270 g/mol. The van der Waals surface area contributed by atoms with Crippen LogP contribution < -0.4 is 10.1 Å². The molecule has 106 valence electrons. The van der Waals surface area contributed by atoms with Crippen LogP contribution in [-0.4, -0.2) is 6.54 Å². The summed E-state index contributed by atoms with van der Waals surface area (Å²) in [6.07, 6.45) is 0. The van der Waals surface area contributed by atoms with E-state index in [1.807, 2.05) is 48.5 Å². The standard InChI is InChI=1S/C17H20ClNO/c1-13(2)11-19-12-14-7-6-10-16(18)17(14)20-15-8-4-3-5-9-15/h3-10,13,19H,11-12H2,1-2H3. The van der Waals surface area contributed by atoms with Crippen molar-refractivity contribution in [1.82, 2.24) is 5.32 Å². The number of para-hydroxylation sites is 2. The van der Waals surface area contributed by atoms with Gasteiger partial charge in [0, 0.05) is 12.1 Å². The molecule has 2 nitrogen and oxygen atoms in total. The highest BCUT2D eigenvalue weighted by molar-refractivity contribution is 6.32. The first kappa shape index (κ1) is 14.9. The number of rotatable bonds is 6. The molecule has 0 bridgehead atoms. The molecule has 0 radical (unpaired) electrons. The van der Waals surface area contributed by atoms with Gasteiger partial charge in [-0.1, -0.05) is 55.8 Å². The third kappa shape index (κ3) is 4.26. The molecule has 2 rings (SSSR count). The summed E-state index contributed by atoms with van der Waals surface area (Å²) in [7, 11) is 0. The zero-order valence-electron chi connectivity index (χ0n) is 11.9. The Balaban J connectivity index is 2.14. The van der Waals surface area contributed by atoms with Gasteiger partial charge in [0.1, 0.15) is 11.5 Å². The van der Waals surface area contributed by atoms with Crippen molar-refractivity contribution in [2.45, 2.75) is 20.4 Å². The van der Waals surface area contributed by atoms with Crippen LogP contribution in [0.1, 0.15) is 19.4 Å². The van der Waals surface area contributed by atoms with Crippen LogP contribution in [0, 0.1) is 5.92 Å². The molecule has 0 heterocycles. The fourth-order valence-electron chi connectivity index (χ4n) is 1.91. The summed E-state index contributed by atoms with van der Waals surface area (Å²) in [4.78, 5) is 0. The lowest BCUT2D eigenvalue weighted by Crippen LogP contribution is -2.19. The van der Waals surface area contributed by atoms with Gasteiger partial charge < -0.3 is 10.1 Å². The van der Waals surface area contributed by atoms with E-state index in [4.69, 9.17) is 16.3 Å². The molecule has 0 aliphatic heterocycles. The molecule has 3 heteroatoms. The van der Waals surface area contributed by atoms with Crippen molar-refractivity contribution in [3.63, 3.8) is 0 Å². The minimum absolute atomic E-state index is 0.618. The van der Waals surface area contributed by atoms with Crippen LogP contribution in [0.2, 0.25) is 5.02 Å². The van der Waals surface area contributed by atoms with Gasteiger partial charge in [0.2, 0.25) is 0 Å². The van der Waals surface area contributed by atoms with Crippen LogP contribution in [-0.2, 0) is 6.54 Å². The zero-order valence-corrected chi connectivity index (χ0v) is 12.7. The van der Waals surface area contributed by atoms with Gasteiger partial charge in [-0.05, 0) is 30.7 Å². The SMILES string of the molecule is CC(C)CNCc1cccc(Cl)c1Oc1ccccc1. The lowest BCUT2D eigenvalue weighted by molar-refractivity contribution is 0.469. The molecule has 2 aromatic carbocycles. The summed E-state index contributed by atoms with van der Waals surface area (Å²) >= 11 is 6.27. The van der Waals surface area contributed by atoms with E-state index in [1.54, 1.807) is 0 Å². The third-order valence-corrected chi connectivity index (χ3v) is 3.18. The first-order chi connectivity index (χ1) is 9.66. The van der Waals surface area contributed by atoms with E-state index in [-0.39, 0.29) is 0 Å². The smallest absolute Gasteiger partial charge is 0.150 e. The highest BCUT2D eigenvalue weighted by atomic mass is 35.5. The van der Waals surface area contributed by atoms with Gasteiger partial charge in [-0.25, -0.2) is 0 Å². The van der Waals surface area contributed by atoms with Crippen molar-refractivity contribution in [3.8, 4) is 11.5 Å². The van der Waals surface area contributed by atoms with E-state index < -0.39 is 0 Å². The van der Waals surface area contributed by atoms with Crippen molar-refractivity contribution < 1.29 is 4.74 Å². The first-order valence-corrected chi connectivity index (χ1v) is 7.25. The van der Waals surface area contributed by atoms with Gasteiger partial charge in [0.05, 0.1) is 5.02 Å². The van der Waals surface area contributed by atoms with Crippen LogP contribution in [0.25, 0.3) is 0 Å². The van der Waals surface area contributed by atoms with E-state index in [2.05, 4.69) is 19.2 Å². The van der Waals surface area contributed by atoms with Crippen molar-refractivity contribution in [1.29, 1.82) is 0 Å². The normalized spacial score (nSPS) is 10.8. The summed E-state index contributed by atoms with van der Waals surface area (Å²) in [6.45, 7) is 6.09. The molecule has 0 aromatic heterocycles. The number of nitrogens with one attached hydrogen (secondary N) is 1. The van der Waals surface area contributed by atoms with E-state index in [9.17, 15) is 0 Å². The van der Waals surface area contributed by atoms with Crippen LogP contribution in [0.3, 0.4) is 0 Å². The molecule has 0 saturated carbocycles. The largest absolute Gasteiger partial charge is 0.455 e. The average Bonchev–Trinajstić information content (AvgIpc) is 2.43. The second-order valence-electron chi connectivity index (χ2n) is 5.17. The monoisotopic (exact) mass is 289 g/mol. The Morgan fingerprint density at radius 2 is 1.80 bits per heavy atom. The van der Waals surface area contributed by atoms with Gasteiger partial charge in [-0.15, -0.1) is 0 Å². The molecule has 0 aliphatic carbocycles. The van der Waals surface area contributed by atoms with Gasteiger partial charge in [-0.2, -0.15) is 0 Å². The quantitative estimate of drug-likeness (QED) is 0.818. The second kappa shape index (κ2) is 7.32. The Morgan fingerprint density at radius 3 is 2.50 bits per heavy atom. The molecular formula is C17H20ClNO. The molecule has 0 atom stereocenters. The second-order valence-corrected chi connectivity index (χ2v) is 5.58. The average molecular weight is 290 g/mol. The molecule has 1 N–H and O–H groups in total. The summed E-state index contributed by atoms with van der Waals surface area (Å²) < 4.78 is 5.93. The number of hydrogen-bond acceptors (Lipinski definition) is 2. The number of benzene rings is 2. The molecule has 0 saturated heterocycles. The van der Waals surface area contributed by atoms with Crippen molar-refractivity contribution in [2.75, 3.05) is 6.54 Å². The predicted molar refractivity (Wildman–Crippen MR) is 84.5 cm³/mol. The van der Waals surface area contributed by atoms with E-state index in [0.717, 1.165) is 30.2 Å². The summed E-state index contributed by atoms with van der Waals surface area (Å²) in [5, 5.41) is 4.05. The zero-order chi connectivity index (χ0) is 14.4. The molecule has 0 unspecified atom stereocenters. The van der Waals surface area contributed by atoms with Gasteiger partial charge in [-0.3, -0.25) is 0 Å². The van der Waals surface area contributed by atoms with Crippen molar-refractivity contribution in [2.24, 2.45) is 5.92 Å². The van der Waals surface area contributed by atoms with Crippen molar-refractivity contribution in [3.05, 3.63) is 59.1 Å². The maximum Gasteiger partial charge on any atom is 0.150 e. The Kier molecular flexibility index (Phi) is 5.45. The molecule has 0 amide bonds. The minimum Gasteiger partial charge on any atom is -0.455 e. The number of hydrogen-bond donors (Lipinski definition) is 1. The Labute approximate surface area is 125 Å². The van der Waals surface area contributed by atoms with E-state index in [1.165, 1.54) is 0 Å². The Hall–Kier alpha value is -1.51. The topological polar surface area (TPSA) is 21.3 Å². The molecule has 20 heavy (non-hydrogen) atoms. The molecule has 2 aromatic rings. The van der Waals surface area contributed by atoms with Crippen LogP contribution in [0.4, 0.5) is 0 Å². The minimum atomic E-state index is 0.618. The summed E-state index contributed by atoms with van der Waals surface area (Å²) in [6, 6.07) is 15.6. The van der Waals surface area contributed by atoms with E-state index >= 15 is 0 Å². The summed E-state index contributed by atoms with van der Waals surface area (Å²) in [5.74, 6) is 2.15. The Morgan fingerprint density at radius 1 is 1.05 bits per heavy atom. The number of halogens is 1. The van der Waals surface area contributed by atoms with E-state index in [0.29, 0.717) is 10.9 Å². The highest BCUT2D eigenvalue weighted by Gasteiger charge is 2.09. The molecule has 0 fully saturated rings. The first-order valence-electron chi connectivity index (χ1n) is 6.88. The lowest BCUT2D eigenvalue weighted by Gasteiger charge is -2.14. The Bertz CT molecular complexity index is 540. The van der Waals surface area contributed by atoms with Gasteiger partial charge in [0.25, 0.3) is 0 Å². The van der Waals surface area contributed by atoms with Gasteiger partial charge in [0.15, 0.2) is 0 Å². The van der Waals surface area contributed by atoms with Crippen LogP contribution in [0.5, 0.6) is 11.5 Å². The van der Waals surface area contributed by atoms with Crippen molar-refractivity contribution >= 4 is 11.6 Å². The predicted octanol–water partition coefficient (Wildman–Crippen LogP) is 4.88. The lowest BCUT2D eigenvalue weighted by atomic mass is 10.1. The molecule has 0 spiro atoms. The van der Waals surface area contributed by atoms with Crippen LogP contribution >= 0.6 is 11.6 Å².